The van der Waals surface area contributed by atoms with Crippen molar-refractivity contribution < 1.29 is 14.3 Å². The average molecular weight is 320 g/mol. The lowest BCUT2D eigenvalue weighted by molar-refractivity contribution is -0.156. The maximum absolute atomic E-state index is 12.0. The summed E-state index contributed by atoms with van der Waals surface area (Å²) >= 11 is 1.46. The number of nitrogens with one attached hydrogen (secondary N) is 2. The molecule has 2 rings (SSSR count). The van der Waals surface area contributed by atoms with E-state index in [-0.39, 0.29) is 6.61 Å². The van der Waals surface area contributed by atoms with Crippen molar-refractivity contribution in [2.24, 2.45) is 0 Å². The highest BCUT2D eigenvalue weighted by Gasteiger charge is 2.35. The molecular formula is C16H20N2O3S. The van der Waals surface area contributed by atoms with Crippen LogP contribution in [-0.2, 0) is 20.9 Å². The molecule has 6 heteroatoms. The molecule has 5 nitrogen and oxygen atoms in total. The largest absolute Gasteiger partial charge is 0.454 e. The van der Waals surface area contributed by atoms with Gasteiger partial charge in [0.2, 0.25) is 0 Å². The number of carbonyl (C=O) groups is 2. The number of carbonyl (C=O) groups excluding carboxylic acids is 2. The molecule has 1 atom stereocenters. The Bertz CT molecular complexity index is 538. The number of ether oxygens (including phenoxy) is 1. The van der Waals surface area contributed by atoms with E-state index in [4.69, 9.17) is 4.74 Å². The van der Waals surface area contributed by atoms with Crippen LogP contribution in [0.25, 0.3) is 0 Å². The quantitative estimate of drug-likeness (QED) is 0.623. The van der Waals surface area contributed by atoms with Gasteiger partial charge >= 0.3 is 11.9 Å². The van der Waals surface area contributed by atoms with E-state index in [0.717, 1.165) is 24.8 Å². The lowest BCUT2D eigenvalue weighted by Crippen LogP contribution is -2.54. The smallest absolute Gasteiger partial charge is 0.397 e. The second-order valence-electron chi connectivity index (χ2n) is 5.01. The Kier molecular flexibility index (Phi) is 5.89. The Balaban J connectivity index is 1.85. The van der Waals surface area contributed by atoms with Gasteiger partial charge in [-0.1, -0.05) is 55.4 Å². The number of benzene rings is 1. The number of amides is 1. The van der Waals surface area contributed by atoms with Crippen molar-refractivity contribution in [1.82, 2.24) is 10.6 Å². The predicted octanol–water partition coefficient (Wildman–Crippen LogP) is 2.50. The van der Waals surface area contributed by atoms with E-state index in [1.54, 1.807) is 6.20 Å². The topological polar surface area (TPSA) is 67.4 Å². The summed E-state index contributed by atoms with van der Waals surface area (Å²) in [6, 6.07) is 9.27. The number of hydrogen-bond acceptors (Lipinski definition) is 5. The minimum Gasteiger partial charge on any atom is -0.454 e. The number of hydrogen-bond donors (Lipinski definition) is 2. The summed E-state index contributed by atoms with van der Waals surface area (Å²) in [5, 5.41) is 7.71. The molecule has 0 aliphatic carbocycles. The summed E-state index contributed by atoms with van der Waals surface area (Å²) in [6.07, 6.45) is 4.47. The third-order valence-corrected chi connectivity index (χ3v) is 4.35. The monoisotopic (exact) mass is 320 g/mol. The van der Waals surface area contributed by atoms with Crippen LogP contribution < -0.4 is 10.6 Å². The van der Waals surface area contributed by atoms with Crippen LogP contribution >= 0.6 is 11.8 Å². The Morgan fingerprint density at radius 3 is 2.73 bits per heavy atom. The highest BCUT2D eigenvalue weighted by Crippen LogP contribution is 2.30. The van der Waals surface area contributed by atoms with Crippen molar-refractivity contribution >= 4 is 23.6 Å². The molecular weight excluding hydrogens is 300 g/mol. The third kappa shape index (κ3) is 4.53. The first-order valence-electron chi connectivity index (χ1n) is 7.29. The molecule has 0 saturated heterocycles. The molecule has 1 heterocycles. The second kappa shape index (κ2) is 7.89. The normalized spacial score (nSPS) is 19.5. The molecule has 1 aromatic carbocycles. The third-order valence-electron chi connectivity index (χ3n) is 3.25. The van der Waals surface area contributed by atoms with E-state index in [0.29, 0.717) is 0 Å². The van der Waals surface area contributed by atoms with Crippen molar-refractivity contribution in [3.8, 4) is 0 Å². The number of esters is 1. The van der Waals surface area contributed by atoms with E-state index in [2.05, 4.69) is 17.6 Å². The maximum Gasteiger partial charge on any atom is 0.397 e. The Labute approximate surface area is 134 Å². The van der Waals surface area contributed by atoms with Gasteiger partial charge in [-0.3, -0.25) is 4.79 Å². The summed E-state index contributed by atoms with van der Waals surface area (Å²) < 4.78 is 5.04. The standard InChI is InChI=1S/C16H20N2O3S/c1-2-3-9-16(17-10-11-22-16)18-14(19)15(20)21-12-13-7-5-4-6-8-13/h4-8,10-11,17H,2-3,9,12H2,1H3,(H,18,19). The Hall–Kier alpha value is -1.95. The minimum absolute atomic E-state index is 0.0911. The van der Waals surface area contributed by atoms with Crippen LogP contribution in [0.3, 0.4) is 0 Å². The molecule has 0 saturated carbocycles. The molecule has 0 spiro atoms. The second-order valence-corrected chi connectivity index (χ2v) is 6.22. The first kappa shape index (κ1) is 16.4. The molecule has 1 unspecified atom stereocenters. The number of thioether (sulfide) groups is 1. The van der Waals surface area contributed by atoms with Gasteiger partial charge in [0.15, 0.2) is 4.99 Å². The molecule has 0 bridgehead atoms. The zero-order valence-electron chi connectivity index (χ0n) is 12.5. The summed E-state index contributed by atoms with van der Waals surface area (Å²) in [4.78, 5) is 23.2. The predicted molar refractivity (Wildman–Crippen MR) is 86.5 cm³/mol. The van der Waals surface area contributed by atoms with Gasteiger partial charge in [0.25, 0.3) is 0 Å². The summed E-state index contributed by atoms with van der Waals surface area (Å²) in [6.45, 7) is 2.17. The van der Waals surface area contributed by atoms with Crippen LogP contribution in [0.15, 0.2) is 41.9 Å². The number of rotatable bonds is 6. The molecule has 0 fully saturated rings. The minimum atomic E-state index is -0.867. The summed E-state index contributed by atoms with van der Waals surface area (Å²) in [7, 11) is 0. The van der Waals surface area contributed by atoms with Gasteiger partial charge in [0, 0.05) is 6.20 Å². The summed E-state index contributed by atoms with van der Waals surface area (Å²) in [5.74, 6) is -1.59. The molecule has 118 valence electrons. The van der Waals surface area contributed by atoms with Crippen LogP contribution in [0.5, 0.6) is 0 Å². The van der Waals surface area contributed by atoms with Crippen LogP contribution in [0.4, 0.5) is 0 Å². The van der Waals surface area contributed by atoms with Crippen molar-refractivity contribution in [3.05, 3.63) is 47.5 Å². The molecule has 0 radical (unpaired) electrons. The molecule has 1 amide bonds. The summed E-state index contributed by atoms with van der Waals surface area (Å²) in [5.41, 5.74) is 0.847. The zero-order chi connectivity index (χ0) is 15.8. The van der Waals surface area contributed by atoms with E-state index in [1.165, 1.54) is 11.8 Å². The maximum atomic E-state index is 12.0. The molecule has 2 N–H and O–H groups in total. The van der Waals surface area contributed by atoms with Gasteiger partial charge in [-0.15, -0.1) is 0 Å². The van der Waals surface area contributed by atoms with Gasteiger partial charge < -0.3 is 15.4 Å². The SMILES string of the molecule is CCCCC1(NC(=O)C(=O)OCc2ccccc2)NC=CS1. The molecule has 22 heavy (non-hydrogen) atoms. The van der Waals surface area contributed by atoms with Crippen LogP contribution in [-0.4, -0.2) is 16.9 Å². The number of unbranched alkanes of at least 4 members (excludes halogenated alkanes) is 1. The van der Waals surface area contributed by atoms with Crippen molar-refractivity contribution in [3.63, 3.8) is 0 Å². The lowest BCUT2D eigenvalue weighted by atomic mass is 10.2. The van der Waals surface area contributed by atoms with E-state index in [1.807, 2.05) is 35.7 Å². The van der Waals surface area contributed by atoms with Gasteiger partial charge in [-0.2, -0.15) is 0 Å². The van der Waals surface area contributed by atoms with Gasteiger partial charge in [0.05, 0.1) is 0 Å². The fourth-order valence-electron chi connectivity index (χ4n) is 2.06. The molecule has 1 aromatic rings. The van der Waals surface area contributed by atoms with Gasteiger partial charge in [-0.05, 0) is 23.8 Å². The van der Waals surface area contributed by atoms with Crippen molar-refractivity contribution in [2.45, 2.75) is 37.8 Å². The van der Waals surface area contributed by atoms with Crippen molar-refractivity contribution in [2.75, 3.05) is 0 Å². The highest BCUT2D eigenvalue weighted by molar-refractivity contribution is 8.03. The van der Waals surface area contributed by atoms with E-state index >= 15 is 0 Å². The molecule has 1 aliphatic rings. The van der Waals surface area contributed by atoms with Crippen LogP contribution in [0.1, 0.15) is 31.7 Å². The lowest BCUT2D eigenvalue weighted by Gasteiger charge is -2.29. The van der Waals surface area contributed by atoms with Crippen LogP contribution in [0, 0.1) is 0 Å². The van der Waals surface area contributed by atoms with Gasteiger partial charge in [0.1, 0.15) is 6.61 Å². The van der Waals surface area contributed by atoms with E-state index in [9.17, 15) is 9.59 Å². The Morgan fingerprint density at radius 2 is 2.09 bits per heavy atom. The zero-order valence-corrected chi connectivity index (χ0v) is 13.3. The fourth-order valence-corrected chi connectivity index (χ4v) is 2.98. The van der Waals surface area contributed by atoms with Gasteiger partial charge in [-0.25, -0.2) is 4.79 Å². The first-order chi connectivity index (χ1) is 10.7. The van der Waals surface area contributed by atoms with Crippen molar-refractivity contribution in [1.29, 1.82) is 0 Å². The fraction of sp³-hybridized carbons (Fsp3) is 0.375. The average Bonchev–Trinajstić information content (AvgIpc) is 3.00. The molecule has 1 aliphatic heterocycles. The van der Waals surface area contributed by atoms with E-state index < -0.39 is 16.9 Å². The van der Waals surface area contributed by atoms with Crippen LogP contribution in [0.2, 0.25) is 0 Å². The first-order valence-corrected chi connectivity index (χ1v) is 8.17. The molecule has 0 aromatic heterocycles. The Morgan fingerprint density at radius 1 is 1.32 bits per heavy atom. The highest BCUT2D eigenvalue weighted by atomic mass is 32.2.